The molecule has 1 aromatic heterocycles. The first-order chi connectivity index (χ1) is 17.0. The number of imidazole rings is 1. The molecule has 2 atom stereocenters. The van der Waals surface area contributed by atoms with E-state index in [0.29, 0.717) is 25.2 Å². The lowest BCUT2D eigenvalue weighted by Crippen LogP contribution is -2.54. The number of aromatic amines is 1. The lowest BCUT2D eigenvalue weighted by molar-refractivity contribution is -0.130. The molecule has 8 N–H and O–H groups in total. The van der Waals surface area contributed by atoms with E-state index >= 15 is 0 Å². The molecule has 2 rings (SSSR count). The smallest absolute Gasteiger partial charge is 0.408 e. The number of carbonyl (C=O) groups excluding carboxylic acids is 3. The van der Waals surface area contributed by atoms with Gasteiger partial charge in [0.2, 0.25) is 11.8 Å². The van der Waals surface area contributed by atoms with E-state index in [1.165, 1.54) is 6.33 Å². The molecule has 0 fully saturated rings. The summed E-state index contributed by atoms with van der Waals surface area (Å²) in [6.45, 7) is 5.77. The van der Waals surface area contributed by atoms with Gasteiger partial charge in [-0.2, -0.15) is 0 Å². The summed E-state index contributed by atoms with van der Waals surface area (Å²) in [4.78, 5) is 49.4. The van der Waals surface area contributed by atoms with Crippen LogP contribution in [-0.2, 0) is 27.3 Å². The molecule has 1 heterocycles. The first-order valence-electron chi connectivity index (χ1n) is 11.7. The van der Waals surface area contributed by atoms with Crippen LogP contribution in [0.25, 0.3) is 0 Å². The van der Waals surface area contributed by atoms with Crippen molar-refractivity contribution in [1.29, 1.82) is 0 Å². The number of nitrogens with zero attached hydrogens (tertiary/aromatic N) is 2. The van der Waals surface area contributed by atoms with E-state index in [1.54, 1.807) is 27.0 Å². The standard InChI is InChI=1S/C24H36N8O4/c1-24(2,3)36-23(35)32-19(12-17-14-27-15-30-17)21(34)31-18(10-7-11-28-22(25)26)20(33)29-13-16-8-5-4-6-9-16/h4-6,8-9,14-15,18-19H,7,10-13H2,1-3H3,(H,27,30)(H,29,33)(H,31,34)(H,32,35)(H4,25,26,28)/t18-,19-/m0/s1. The highest BCUT2D eigenvalue weighted by atomic mass is 16.6. The molecule has 0 bridgehead atoms. The molecule has 0 unspecified atom stereocenters. The Bertz CT molecular complexity index is 999. The number of alkyl carbamates (subject to hydrolysis) is 1. The molecule has 0 spiro atoms. The van der Waals surface area contributed by atoms with Gasteiger partial charge in [-0.1, -0.05) is 30.3 Å². The second-order valence-corrected chi connectivity index (χ2v) is 9.19. The van der Waals surface area contributed by atoms with Crippen LogP contribution in [0.15, 0.2) is 47.8 Å². The monoisotopic (exact) mass is 500 g/mol. The summed E-state index contributed by atoms with van der Waals surface area (Å²) in [6, 6.07) is 7.52. The van der Waals surface area contributed by atoms with Crippen LogP contribution in [0.5, 0.6) is 0 Å². The van der Waals surface area contributed by atoms with Gasteiger partial charge in [0.1, 0.15) is 17.7 Å². The third-order valence-corrected chi connectivity index (χ3v) is 4.87. The third kappa shape index (κ3) is 10.9. The molecule has 12 nitrogen and oxygen atoms in total. The second-order valence-electron chi connectivity index (χ2n) is 9.19. The van der Waals surface area contributed by atoms with Crippen molar-refractivity contribution < 1.29 is 19.1 Å². The maximum atomic E-state index is 13.2. The molecule has 1 aromatic carbocycles. The van der Waals surface area contributed by atoms with Crippen molar-refractivity contribution >= 4 is 23.9 Å². The van der Waals surface area contributed by atoms with Crippen molar-refractivity contribution in [3.05, 3.63) is 54.1 Å². The van der Waals surface area contributed by atoms with Crippen LogP contribution in [0.2, 0.25) is 0 Å². The zero-order valence-electron chi connectivity index (χ0n) is 20.9. The van der Waals surface area contributed by atoms with Crippen LogP contribution in [-0.4, -0.2) is 58.1 Å². The van der Waals surface area contributed by atoms with Crippen LogP contribution in [0.4, 0.5) is 4.79 Å². The number of ether oxygens (including phenoxy) is 1. The highest BCUT2D eigenvalue weighted by Gasteiger charge is 2.29. The van der Waals surface area contributed by atoms with Crippen LogP contribution < -0.4 is 27.4 Å². The Kier molecular flexibility index (Phi) is 10.7. The van der Waals surface area contributed by atoms with Crippen LogP contribution >= 0.6 is 0 Å². The molecule has 0 aliphatic heterocycles. The predicted molar refractivity (Wildman–Crippen MR) is 136 cm³/mol. The number of nitrogens with two attached hydrogens (primary N) is 2. The third-order valence-electron chi connectivity index (χ3n) is 4.87. The molecular formula is C24H36N8O4. The molecular weight excluding hydrogens is 464 g/mol. The largest absolute Gasteiger partial charge is 0.444 e. The number of amides is 3. The number of nitrogens with one attached hydrogen (secondary N) is 4. The Morgan fingerprint density at radius 2 is 1.81 bits per heavy atom. The molecule has 0 saturated heterocycles. The van der Waals surface area contributed by atoms with Gasteiger partial charge in [-0.05, 0) is 39.2 Å². The van der Waals surface area contributed by atoms with Crippen LogP contribution in [0.1, 0.15) is 44.9 Å². The number of carbonyl (C=O) groups is 3. The van der Waals surface area contributed by atoms with Crippen molar-refractivity contribution in [1.82, 2.24) is 25.9 Å². The van der Waals surface area contributed by atoms with Gasteiger partial charge in [0.25, 0.3) is 0 Å². The summed E-state index contributed by atoms with van der Waals surface area (Å²) < 4.78 is 5.31. The van der Waals surface area contributed by atoms with E-state index in [-0.39, 0.29) is 24.7 Å². The molecule has 36 heavy (non-hydrogen) atoms. The van der Waals surface area contributed by atoms with Gasteiger partial charge >= 0.3 is 6.09 Å². The second kappa shape index (κ2) is 13.7. The van der Waals surface area contributed by atoms with Gasteiger partial charge in [-0.3, -0.25) is 14.6 Å². The van der Waals surface area contributed by atoms with E-state index in [4.69, 9.17) is 16.2 Å². The molecule has 12 heteroatoms. The summed E-state index contributed by atoms with van der Waals surface area (Å²) in [5.74, 6) is -0.961. The first kappa shape index (κ1) is 28.1. The fourth-order valence-corrected chi connectivity index (χ4v) is 3.23. The Morgan fingerprint density at radius 3 is 2.42 bits per heavy atom. The zero-order chi connectivity index (χ0) is 26.6. The lowest BCUT2D eigenvalue weighted by Gasteiger charge is -2.25. The summed E-state index contributed by atoms with van der Waals surface area (Å²) >= 11 is 0. The van der Waals surface area contributed by atoms with E-state index in [0.717, 1.165) is 5.56 Å². The number of aromatic nitrogens is 2. The van der Waals surface area contributed by atoms with Gasteiger partial charge in [-0.25, -0.2) is 9.78 Å². The minimum Gasteiger partial charge on any atom is -0.444 e. The Hall–Kier alpha value is -4.09. The number of hydrogen-bond acceptors (Lipinski definition) is 6. The van der Waals surface area contributed by atoms with E-state index < -0.39 is 29.7 Å². The molecule has 0 aliphatic carbocycles. The van der Waals surface area contributed by atoms with Gasteiger partial charge in [0.05, 0.1) is 6.33 Å². The van der Waals surface area contributed by atoms with Gasteiger partial charge in [-0.15, -0.1) is 0 Å². The average molecular weight is 501 g/mol. The van der Waals surface area contributed by atoms with Crippen molar-refractivity contribution in [3.63, 3.8) is 0 Å². The van der Waals surface area contributed by atoms with Gasteiger partial charge in [0, 0.05) is 31.4 Å². The quantitative estimate of drug-likeness (QED) is 0.140. The molecule has 0 aliphatic rings. The van der Waals surface area contributed by atoms with Gasteiger partial charge < -0.3 is 37.1 Å². The van der Waals surface area contributed by atoms with E-state index in [9.17, 15) is 14.4 Å². The number of aliphatic imine (C=N–C) groups is 1. The topological polar surface area (TPSA) is 190 Å². The predicted octanol–water partition coefficient (Wildman–Crippen LogP) is 0.700. The zero-order valence-corrected chi connectivity index (χ0v) is 20.9. The minimum absolute atomic E-state index is 0.0507. The maximum Gasteiger partial charge on any atom is 0.408 e. The Labute approximate surface area is 210 Å². The summed E-state index contributed by atoms with van der Waals surface area (Å²) in [7, 11) is 0. The summed E-state index contributed by atoms with van der Waals surface area (Å²) in [6.07, 6.45) is 3.13. The highest BCUT2D eigenvalue weighted by molar-refractivity contribution is 5.91. The number of H-pyrrole nitrogens is 1. The summed E-state index contributed by atoms with van der Waals surface area (Å²) in [5.41, 5.74) is 11.5. The van der Waals surface area contributed by atoms with Crippen molar-refractivity contribution in [3.8, 4) is 0 Å². The highest BCUT2D eigenvalue weighted by Crippen LogP contribution is 2.09. The van der Waals surface area contributed by atoms with Crippen molar-refractivity contribution in [2.45, 2.75) is 64.3 Å². The van der Waals surface area contributed by atoms with Crippen molar-refractivity contribution in [2.75, 3.05) is 6.54 Å². The van der Waals surface area contributed by atoms with E-state index in [2.05, 4.69) is 30.9 Å². The first-order valence-corrected chi connectivity index (χ1v) is 11.7. The fourth-order valence-electron chi connectivity index (χ4n) is 3.23. The molecule has 0 saturated carbocycles. The normalized spacial score (nSPS) is 12.6. The molecule has 3 amide bonds. The number of hydrogen-bond donors (Lipinski definition) is 6. The Morgan fingerprint density at radius 1 is 1.08 bits per heavy atom. The van der Waals surface area contributed by atoms with Crippen molar-refractivity contribution in [2.24, 2.45) is 16.5 Å². The Balaban J connectivity index is 2.12. The molecule has 0 radical (unpaired) electrons. The average Bonchev–Trinajstić information content (AvgIpc) is 3.31. The lowest BCUT2D eigenvalue weighted by atomic mass is 10.1. The number of benzene rings is 1. The van der Waals surface area contributed by atoms with Crippen LogP contribution in [0.3, 0.4) is 0 Å². The summed E-state index contributed by atoms with van der Waals surface area (Å²) in [5, 5.41) is 8.19. The molecule has 196 valence electrons. The SMILES string of the molecule is CC(C)(C)OC(=O)N[C@@H](Cc1cnc[nH]1)C(=O)N[C@@H](CCCN=C(N)N)C(=O)NCc1ccccc1. The van der Waals surface area contributed by atoms with Gasteiger partial charge in [0.15, 0.2) is 5.96 Å². The maximum absolute atomic E-state index is 13.2. The minimum atomic E-state index is -1.01. The number of rotatable bonds is 12. The molecule has 2 aromatic rings. The number of guanidine groups is 1. The van der Waals surface area contributed by atoms with E-state index in [1.807, 2.05) is 30.3 Å². The fraction of sp³-hybridized carbons (Fsp3) is 0.458. The van der Waals surface area contributed by atoms with Crippen LogP contribution in [0, 0.1) is 0 Å².